The standard InChI is InChI=1S/C17H15F2N5O/c1-10-3-4-12(7-11(10)2)17(25)20-9-16-21-22-23-24(16)13-5-6-14(18)15(19)8-13/h3-8H,9H2,1-2H3,(H,20,25). The van der Waals surface area contributed by atoms with E-state index in [0.29, 0.717) is 11.4 Å². The van der Waals surface area contributed by atoms with E-state index in [2.05, 4.69) is 20.8 Å². The van der Waals surface area contributed by atoms with Gasteiger partial charge in [0.15, 0.2) is 17.5 Å². The Balaban J connectivity index is 1.76. The second kappa shape index (κ2) is 6.76. The summed E-state index contributed by atoms with van der Waals surface area (Å²) in [5.74, 6) is -1.94. The summed E-state index contributed by atoms with van der Waals surface area (Å²) in [5.41, 5.74) is 2.90. The molecule has 128 valence electrons. The number of tetrazole rings is 1. The zero-order chi connectivity index (χ0) is 18.0. The molecular formula is C17H15F2N5O. The van der Waals surface area contributed by atoms with Crippen molar-refractivity contribution in [3.63, 3.8) is 0 Å². The Morgan fingerprint density at radius 3 is 2.60 bits per heavy atom. The second-order valence-electron chi connectivity index (χ2n) is 5.59. The average molecular weight is 343 g/mol. The molecule has 6 nitrogen and oxygen atoms in total. The van der Waals surface area contributed by atoms with Crippen molar-refractivity contribution in [1.29, 1.82) is 0 Å². The highest BCUT2D eigenvalue weighted by Crippen LogP contribution is 2.13. The van der Waals surface area contributed by atoms with Crippen molar-refractivity contribution in [3.05, 3.63) is 70.5 Å². The van der Waals surface area contributed by atoms with Crippen LogP contribution >= 0.6 is 0 Å². The van der Waals surface area contributed by atoms with Crippen LogP contribution in [0.1, 0.15) is 27.3 Å². The van der Waals surface area contributed by atoms with Crippen LogP contribution in [0.5, 0.6) is 0 Å². The third kappa shape index (κ3) is 3.52. The number of hydrogen-bond acceptors (Lipinski definition) is 4. The minimum absolute atomic E-state index is 0.0394. The number of rotatable bonds is 4. The highest BCUT2D eigenvalue weighted by Gasteiger charge is 2.13. The van der Waals surface area contributed by atoms with Gasteiger partial charge in [0, 0.05) is 11.6 Å². The van der Waals surface area contributed by atoms with E-state index in [1.165, 1.54) is 10.7 Å². The molecule has 25 heavy (non-hydrogen) atoms. The molecule has 8 heteroatoms. The fourth-order valence-corrected chi connectivity index (χ4v) is 2.28. The summed E-state index contributed by atoms with van der Waals surface area (Å²) in [5, 5.41) is 13.8. The van der Waals surface area contributed by atoms with E-state index in [9.17, 15) is 13.6 Å². The minimum atomic E-state index is -1.00. The summed E-state index contributed by atoms with van der Waals surface area (Å²) in [6.45, 7) is 3.93. The monoisotopic (exact) mass is 343 g/mol. The van der Waals surface area contributed by atoms with Gasteiger partial charge in [-0.1, -0.05) is 6.07 Å². The number of amides is 1. The van der Waals surface area contributed by atoms with Crippen LogP contribution < -0.4 is 5.32 Å². The van der Waals surface area contributed by atoms with Gasteiger partial charge in [-0.25, -0.2) is 8.78 Å². The van der Waals surface area contributed by atoms with Gasteiger partial charge in [0.05, 0.1) is 12.2 Å². The van der Waals surface area contributed by atoms with Crippen molar-refractivity contribution in [2.24, 2.45) is 0 Å². The zero-order valence-corrected chi connectivity index (χ0v) is 13.6. The molecule has 1 N–H and O–H groups in total. The molecule has 1 aromatic heterocycles. The molecule has 0 saturated carbocycles. The Morgan fingerprint density at radius 2 is 1.88 bits per heavy atom. The van der Waals surface area contributed by atoms with E-state index in [-0.39, 0.29) is 18.1 Å². The largest absolute Gasteiger partial charge is 0.345 e. The molecule has 1 amide bonds. The smallest absolute Gasteiger partial charge is 0.251 e. The van der Waals surface area contributed by atoms with E-state index in [0.717, 1.165) is 23.3 Å². The molecule has 3 rings (SSSR count). The lowest BCUT2D eigenvalue weighted by atomic mass is 10.1. The van der Waals surface area contributed by atoms with Gasteiger partial charge in [0.25, 0.3) is 5.91 Å². The molecular weight excluding hydrogens is 328 g/mol. The summed E-state index contributed by atoms with van der Waals surface area (Å²) in [7, 11) is 0. The molecule has 0 aliphatic heterocycles. The average Bonchev–Trinajstić information content (AvgIpc) is 3.06. The van der Waals surface area contributed by atoms with Crippen LogP contribution in [-0.2, 0) is 6.54 Å². The predicted octanol–water partition coefficient (Wildman–Crippen LogP) is 2.49. The van der Waals surface area contributed by atoms with Gasteiger partial charge in [-0.05, 0) is 59.7 Å². The first kappa shape index (κ1) is 16.7. The van der Waals surface area contributed by atoms with Gasteiger partial charge in [-0.15, -0.1) is 5.10 Å². The lowest BCUT2D eigenvalue weighted by Gasteiger charge is -2.08. The Morgan fingerprint density at radius 1 is 1.08 bits per heavy atom. The summed E-state index contributed by atoms with van der Waals surface area (Å²) >= 11 is 0. The van der Waals surface area contributed by atoms with E-state index < -0.39 is 11.6 Å². The maximum absolute atomic E-state index is 13.4. The van der Waals surface area contributed by atoms with Crippen molar-refractivity contribution >= 4 is 5.91 Å². The quantitative estimate of drug-likeness (QED) is 0.790. The summed E-state index contributed by atoms with van der Waals surface area (Å²) in [6, 6.07) is 8.72. The minimum Gasteiger partial charge on any atom is -0.345 e. The summed E-state index contributed by atoms with van der Waals surface area (Å²) < 4.78 is 27.7. The number of aryl methyl sites for hydroxylation is 2. The van der Waals surface area contributed by atoms with Crippen LogP contribution in [-0.4, -0.2) is 26.1 Å². The summed E-state index contributed by atoms with van der Waals surface area (Å²) in [4.78, 5) is 12.3. The highest BCUT2D eigenvalue weighted by molar-refractivity contribution is 5.94. The van der Waals surface area contributed by atoms with E-state index in [1.54, 1.807) is 12.1 Å². The molecule has 0 saturated heterocycles. The first-order valence-electron chi connectivity index (χ1n) is 7.54. The topological polar surface area (TPSA) is 72.7 Å². The van der Waals surface area contributed by atoms with Crippen molar-refractivity contribution in [3.8, 4) is 5.69 Å². The van der Waals surface area contributed by atoms with Crippen molar-refractivity contribution < 1.29 is 13.6 Å². The number of nitrogens with one attached hydrogen (secondary N) is 1. The van der Waals surface area contributed by atoms with Crippen LogP contribution in [0.15, 0.2) is 36.4 Å². The molecule has 0 bridgehead atoms. The van der Waals surface area contributed by atoms with Crippen LogP contribution in [0.3, 0.4) is 0 Å². The Kier molecular flexibility index (Phi) is 4.51. The molecule has 0 aliphatic carbocycles. The molecule has 0 spiro atoms. The molecule has 0 atom stereocenters. The first-order chi connectivity index (χ1) is 12.0. The zero-order valence-electron chi connectivity index (χ0n) is 13.6. The Hall–Kier alpha value is -3.16. The normalized spacial score (nSPS) is 10.7. The van der Waals surface area contributed by atoms with E-state index >= 15 is 0 Å². The lowest BCUT2D eigenvalue weighted by molar-refractivity contribution is 0.0949. The number of hydrogen-bond donors (Lipinski definition) is 1. The highest BCUT2D eigenvalue weighted by atomic mass is 19.2. The molecule has 0 radical (unpaired) electrons. The van der Waals surface area contributed by atoms with E-state index in [1.807, 2.05) is 19.9 Å². The molecule has 0 aliphatic rings. The third-order valence-electron chi connectivity index (χ3n) is 3.86. The molecule has 1 heterocycles. The Labute approximate surface area is 142 Å². The molecule has 2 aromatic carbocycles. The number of benzene rings is 2. The number of halogens is 2. The van der Waals surface area contributed by atoms with Crippen LogP contribution in [0.25, 0.3) is 5.69 Å². The van der Waals surface area contributed by atoms with E-state index in [4.69, 9.17) is 0 Å². The molecule has 3 aromatic rings. The van der Waals surface area contributed by atoms with Crippen LogP contribution in [0.2, 0.25) is 0 Å². The van der Waals surface area contributed by atoms with Gasteiger partial charge in [-0.2, -0.15) is 4.68 Å². The fourth-order valence-electron chi connectivity index (χ4n) is 2.28. The SMILES string of the molecule is Cc1ccc(C(=O)NCc2nnnn2-c2ccc(F)c(F)c2)cc1C. The van der Waals surface area contributed by atoms with Crippen LogP contribution in [0.4, 0.5) is 8.78 Å². The van der Waals surface area contributed by atoms with Gasteiger partial charge < -0.3 is 5.32 Å². The lowest BCUT2D eigenvalue weighted by Crippen LogP contribution is -2.25. The van der Waals surface area contributed by atoms with Gasteiger partial charge in [-0.3, -0.25) is 4.79 Å². The maximum atomic E-state index is 13.4. The number of aromatic nitrogens is 4. The van der Waals surface area contributed by atoms with Crippen molar-refractivity contribution in [1.82, 2.24) is 25.5 Å². The summed E-state index contributed by atoms with van der Waals surface area (Å²) in [6.07, 6.45) is 0. The van der Waals surface area contributed by atoms with Crippen molar-refractivity contribution in [2.75, 3.05) is 0 Å². The number of nitrogens with zero attached hydrogens (tertiary/aromatic N) is 4. The number of carbonyl (C=O) groups is 1. The first-order valence-corrected chi connectivity index (χ1v) is 7.54. The number of carbonyl (C=O) groups excluding carboxylic acids is 1. The molecule has 0 unspecified atom stereocenters. The van der Waals surface area contributed by atoms with Crippen molar-refractivity contribution in [2.45, 2.75) is 20.4 Å². The maximum Gasteiger partial charge on any atom is 0.251 e. The van der Waals surface area contributed by atoms with Gasteiger partial charge in [0.2, 0.25) is 0 Å². The predicted molar refractivity (Wildman–Crippen MR) is 86.2 cm³/mol. The Bertz CT molecular complexity index is 939. The second-order valence-corrected chi connectivity index (χ2v) is 5.59. The fraction of sp³-hybridized carbons (Fsp3) is 0.176. The van der Waals surface area contributed by atoms with Crippen LogP contribution in [0, 0.1) is 25.5 Å². The third-order valence-corrected chi connectivity index (χ3v) is 3.86. The molecule has 0 fully saturated rings. The van der Waals surface area contributed by atoms with Gasteiger partial charge in [0.1, 0.15) is 0 Å². The van der Waals surface area contributed by atoms with Gasteiger partial charge >= 0.3 is 0 Å².